The Morgan fingerprint density at radius 3 is 2.70 bits per heavy atom. The van der Waals surface area contributed by atoms with E-state index in [0.29, 0.717) is 32.7 Å². The van der Waals surface area contributed by atoms with Crippen LogP contribution in [-0.4, -0.2) is 41.7 Å². The van der Waals surface area contributed by atoms with Crippen molar-refractivity contribution in [2.45, 2.75) is 26.8 Å². The summed E-state index contributed by atoms with van der Waals surface area (Å²) in [6.07, 6.45) is 2.07. The number of carbonyl (C=O) groups excluding carboxylic acids is 2. The minimum Gasteiger partial charge on any atom is -0.461 e. The lowest BCUT2D eigenvalue weighted by molar-refractivity contribution is 0.0519. The van der Waals surface area contributed by atoms with Gasteiger partial charge in [0.05, 0.1) is 13.2 Å². The fraction of sp³-hybridized carbons (Fsp3) is 0.500. The van der Waals surface area contributed by atoms with Gasteiger partial charge >= 0.3 is 12.1 Å². The first-order valence-electron chi connectivity index (χ1n) is 6.72. The summed E-state index contributed by atoms with van der Waals surface area (Å²) in [4.78, 5) is 29.1. The number of fused-ring (bicyclic) bond motifs is 1. The van der Waals surface area contributed by atoms with Crippen LogP contribution in [0.1, 0.15) is 35.5 Å². The summed E-state index contributed by atoms with van der Waals surface area (Å²) in [5, 5.41) is 0. The molecule has 1 aromatic heterocycles. The van der Waals surface area contributed by atoms with E-state index >= 15 is 0 Å². The molecule has 0 aromatic carbocycles. The van der Waals surface area contributed by atoms with Crippen LogP contribution in [0.15, 0.2) is 12.3 Å². The van der Waals surface area contributed by atoms with E-state index < -0.39 is 5.97 Å². The SMILES string of the molecule is CCOC(=O)c1cc2c(cn1)CCN(C(=O)OCC)C2. The van der Waals surface area contributed by atoms with Crippen LogP contribution < -0.4 is 0 Å². The van der Waals surface area contributed by atoms with Gasteiger partial charge in [-0.3, -0.25) is 0 Å². The molecule has 0 N–H and O–H groups in total. The van der Waals surface area contributed by atoms with Crippen LogP contribution >= 0.6 is 0 Å². The summed E-state index contributed by atoms with van der Waals surface area (Å²) in [5.41, 5.74) is 2.25. The van der Waals surface area contributed by atoms with Gasteiger partial charge in [0.1, 0.15) is 5.69 Å². The zero-order valence-electron chi connectivity index (χ0n) is 11.7. The number of hydrogen-bond acceptors (Lipinski definition) is 5. The van der Waals surface area contributed by atoms with E-state index in [1.165, 1.54) is 0 Å². The predicted octanol–water partition coefficient (Wildman–Crippen LogP) is 1.77. The maximum atomic E-state index is 11.7. The first-order valence-corrected chi connectivity index (χ1v) is 6.72. The van der Waals surface area contributed by atoms with Crippen molar-refractivity contribution < 1.29 is 19.1 Å². The highest BCUT2D eigenvalue weighted by molar-refractivity contribution is 5.87. The van der Waals surface area contributed by atoms with E-state index in [2.05, 4.69) is 4.98 Å². The molecule has 0 radical (unpaired) electrons. The second-order valence-electron chi connectivity index (χ2n) is 4.43. The largest absolute Gasteiger partial charge is 0.461 e. The van der Waals surface area contributed by atoms with E-state index in [9.17, 15) is 9.59 Å². The van der Waals surface area contributed by atoms with Crippen molar-refractivity contribution in [2.24, 2.45) is 0 Å². The van der Waals surface area contributed by atoms with Crippen molar-refractivity contribution in [1.29, 1.82) is 0 Å². The van der Waals surface area contributed by atoms with Gasteiger partial charge in [0.25, 0.3) is 0 Å². The Kier molecular flexibility index (Phi) is 4.55. The van der Waals surface area contributed by atoms with E-state index in [4.69, 9.17) is 9.47 Å². The number of hydrogen-bond donors (Lipinski definition) is 0. The van der Waals surface area contributed by atoms with Gasteiger partial charge < -0.3 is 14.4 Å². The summed E-state index contributed by atoms with van der Waals surface area (Å²) in [6.45, 7) is 5.23. The van der Waals surface area contributed by atoms with Gasteiger partial charge in [0.2, 0.25) is 0 Å². The fourth-order valence-corrected chi connectivity index (χ4v) is 2.13. The molecule has 0 spiro atoms. The van der Waals surface area contributed by atoms with Crippen LogP contribution in [0, 0.1) is 0 Å². The zero-order chi connectivity index (χ0) is 14.5. The lowest BCUT2D eigenvalue weighted by Gasteiger charge is -2.27. The van der Waals surface area contributed by atoms with E-state index in [0.717, 1.165) is 11.1 Å². The van der Waals surface area contributed by atoms with Crippen LogP contribution in [-0.2, 0) is 22.4 Å². The minimum absolute atomic E-state index is 0.274. The molecular formula is C14H18N2O4. The highest BCUT2D eigenvalue weighted by Crippen LogP contribution is 2.20. The molecule has 2 heterocycles. The molecular weight excluding hydrogens is 260 g/mol. The van der Waals surface area contributed by atoms with E-state index in [1.54, 1.807) is 31.0 Å². The molecule has 2 rings (SSSR count). The number of carbonyl (C=O) groups is 2. The fourth-order valence-electron chi connectivity index (χ4n) is 2.13. The molecule has 6 heteroatoms. The average Bonchev–Trinajstić information content (AvgIpc) is 2.46. The topological polar surface area (TPSA) is 68.7 Å². The number of rotatable bonds is 3. The Balaban J connectivity index is 2.15. The zero-order valence-corrected chi connectivity index (χ0v) is 11.7. The molecule has 0 fully saturated rings. The smallest absolute Gasteiger partial charge is 0.410 e. The molecule has 1 aliphatic rings. The van der Waals surface area contributed by atoms with Crippen LogP contribution in [0.4, 0.5) is 4.79 Å². The molecule has 0 saturated heterocycles. The monoisotopic (exact) mass is 278 g/mol. The van der Waals surface area contributed by atoms with Gasteiger partial charge in [-0.2, -0.15) is 0 Å². The summed E-state index contributed by atoms with van der Waals surface area (Å²) < 4.78 is 9.92. The number of ether oxygens (including phenoxy) is 2. The van der Waals surface area contributed by atoms with Gasteiger partial charge in [-0.05, 0) is 37.5 Å². The number of aromatic nitrogens is 1. The standard InChI is InChI=1S/C14H18N2O4/c1-3-19-13(17)12-7-11-9-16(14(18)20-4-2)6-5-10(11)8-15-12/h7-8H,3-6,9H2,1-2H3. The van der Waals surface area contributed by atoms with Gasteiger partial charge in [0, 0.05) is 19.3 Å². The van der Waals surface area contributed by atoms with Crippen molar-refractivity contribution in [3.63, 3.8) is 0 Å². The molecule has 6 nitrogen and oxygen atoms in total. The Bertz CT molecular complexity index is 516. The van der Waals surface area contributed by atoms with Gasteiger partial charge in [-0.25, -0.2) is 14.6 Å². The molecule has 0 aliphatic carbocycles. The molecule has 0 atom stereocenters. The first kappa shape index (κ1) is 14.3. The summed E-state index contributed by atoms with van der Waals surface area (Å²) in [6, 6.07) is 1.69. The first-order chi connectivity index (χ1) is 9.65. The van der Waals surface area contributed by atoms with Crippen molar-refractivity contribution in [2.75, 3.05) is 19.8 Å². The second kappa shape index (κ2) is 6.36. The Labute approximate surface area is 117 Å². The highest BCUT2D eigenvalue weighted by Gasteiger charge is 2.23. The molecule has 1 amide bonds. The van der Waals surface area contributed by atoms with Crippen molar-refractivity contribution in [3.05, 3.63) is 29.1 Å². The summed E-state index contributed by atoms with van der Waals surface area (Å²) >= 11 is 0. The van der Waals surface area contributed by atoms with Crippen LogP contribution in [0.2, 0.25) is 0 Å². The van der Waals surface area contributed by atoms with Crippen LogP contribution in [0.3, 0.4) is 0 Å². The predicted molar refractivity (Wildman–Crippen MR) is 71.3 cm³/mol. The third kappa shape index (κ3) is 3.07. The summed E-state index contributed by atoms with van der Waals surface area (Å²) in [5.74, 6) is -0.441. The Morgan fingerprint density at radius 1 is 1.25 bits per heavy atom. The van der Waals surface area contributed by atoms with Crippen LogP contribution in [0.5, 0.6) is 0 Å². The number of esters is 1. The quantitative estimate of drug-likeness (QED) is 0.788. The van der Waals surface area contributed by atoms with Crippen molar-refractivity contribution in [3.8, 4) is 0 Å². The molecule has 1 aromatic rings. The third-order valence-electron chi connectivity index (χ3n) is 3.11. The molecule has 20 heavy (non-hydrogen) atoms. The maximum absolute atomic E-state index is 11.7. The summed E-state index contributed by atoms with van der Waals surface area (Å²) in [7, 11) is 0. The highest BCUT2D eigenvalue weighted by atomic mass is 16.6. The molecule has 108 valence electrons. The van der Waals surface area contributed by atoms with E-state index in [1.807, 2.05) is 0 Å². The number of amides is 1. The normalized spacial score (nSPS) is 13.6. The molecule has 0 saturated carbocycles. The van der Waals surface area contributed by atoms with Crippen LogP contribution in [0.25, 0.3) is 0 Å². The molecule has 1 aliphatic heterocycles. The molecule has 0 bridgehead atoms. The van der Waals surface area contributed by atoms with Crippen molar-refractivity contribution in [1.82, 2.24) is 9.88 Å². The molecule has 0 unspecified atom stereocenters. The lowest BCUT2D eigenvalue weighted by atomic mass is 10.0. The minimum atomic E-state index is -0.441. The Morgan fingerprint density at radius 2 is 2.00 bits per heavy atom. The second-order valence-corrected chi connectivity index (χ2v) is 4.43. The van der Waals surface area contributed by atoms with E-state index in [-0.39, 0.29) is 11.8 Å². The van der Waals surface area contributed by atoms with Gasteiger partial charge in [0.15, 0.2) is 0 Å². The average molecular weight is 278 g/mol. The van der Waals surface area contributed by atoms with Gasteiger partial charge in [-0.1, -0.05) is 0 Å². The maximum Gasteiger partial charge on any atom is 0.410 e. The third-order valence-corrected chi connectivity index (χ3v) is 3.11. The number of nitrogens with zero attached hydrogens (tertiary/aromatic N) is 2. The lowest BCUT2D eigenvalue weighted by Crippen LogP contribution is -2.36. The van der Waals surface area contributed by atoms with Gasteiger partial charge in [-0.15, -0.1) is 0 Å². The van der Waals surface area contributed by atoms with Crippen molar-refractivity contribution >= 4 is 12.1 Å². The number of pyridine rings is 1. The Hall–Kier alpha value is -2.11.